The van der Waals surface area contributed by atoms with Crippen LogP contribution in [-0.2, 0) is 27.1 Å². The Bertz CT molecular complexity index is 1180. The lowest BCUT2D eigenvalue weighted by molar-refractivity contribution is -0.149. The van der Waals surface area contributed by atoms with Gasteiger partial charge in [-0.3, -0.25) is 0 Å². The second-order valence-electron chi connectivity index (χ2n) is 8.91. The Hall–Kier alpha value is -3.41. The zero-order valence-electron chi connectivity index (χ0n) is 21.0. The highest BCUT2D eigenvalue weighted by Crippen LogP contribution is 2.36. The summed E-state index contributed by atoms with van der Waals surface area (Å²) in [6.07, 6.45) is 5.80. The topological polar surface area (TPSA) is 65.0 Å². The van der Waals surface area contributed by atoms with E-state index in [-0.39, 0.29) is 6.10 Å². The first-order valence-electron chi connectivity index (χ1n) is 12.7. The maximum atomic E-state index is 11.3. The summed E-state index contributed by atoms with van der Waals surface area (Å²) in [6, 6.07) is 22.5. The van der Waals surface area contributed by atoms with E-state index >= 15 is 0 Å². The monoisotopic (exact) mass is 486 g/mol. The van der Waals surface area contributed by atoms with Crippen molar-refractivity contribution in [3.05, 3.63) is 100 Å². The molecule has 3 aromatic rings. The molecule has 1 N–H and O–H groups in total. The Morgan fingerprint density at radius 3 is 2.33 bits per heavy atom. The number of fused-ring (bicyclic) bond motifs is 2. The summed E-state index contributed by atoms with van der Waals surface area (Å²) >= 11 is 0. The highest BCUT2D eigenvalue weighted by atomic mass is 16.5. The second-order valence-corrected chi connectivity index (χ2v) is 8.91. The molecule has 188 valence electrons. The van der Waals surface area contributed by atoms with E-state index in [4.69, 9.17) is 14.2 Å². The molecular formula is C31H34O5. The maximum absolute atomic E-state index is 11.3. The molecule has 4 rings (SSSR count). The van der Waals surface area contributed by atoms with E-state index in [2.05, 4.69) is 61.5 Å². The van der Waals surface area contributed by atoms with Gasteiger partial charge in [-0.2, -0.15) is 0 Å². The summed E-state index contributed by atoms with van der Waals surface area (Å²) in [5.74, 6) is -0.229. The normalized spacial score (nSPS) is 15.0. The highest BCUT2D eigenvalue weighted by Gasteiger charge is 2.22. The number of carboxylic acid groups (broad SMARTS) is 1. The van der Waals surface area contributed by atoms with Crippen LogP contribution >= 0.6 is 0 Å². The van der Waals surface area contributed by atoms with Gasteiger partial charge >= 0.3 is 5.97 Å². The third-order valence-electron chi connectivity index (χ3n) is 6.32. The van der Waals surface area contributed by atoms with Gasteiger partial charge in [-0.25, -0.2) is 4.79 Å². The third kappa shape index (κ3) is 6.42. The van der Waals surface area contributed by atoms with Gasteiger partial charge in [0.2, 0.25) is 0 Å². The first-order chi connectivity index (χ1) is 17.6. The maximum Gasteiger partial charge on any atom is 0.333 e. The van der Waals surface area contributed by atoms with Gasteiger partial charge in [0.1, 0.15) is 18.5 Å². The van der Waals surface area contributed by atoms with Gasteiger partial charge in [-0.05, 0) is 58.9 Å². The van der Waals surface area contributed by atoms with E-state index in [9.17, 15) is 9.90 Å². The Balaban J connectivity index is 1.40. The standard InChI is InChI=1S/C31H34O5/c1-3-7-22-10-13-25-15-14-24-8-5-6-9-27(24)30(28(25)20-22)36-19-18-35-26-16-11-23(12-17-26)21-29(31(32)33)34-4-2/h5-6,8-17,20,29-30H,3-4,7,18-19,21H2,1-2H3,(H,32,33). The van der Waals surface area contributed by atoms with Crippen LogP contribution in [0.4, 0.5) is 0 Å². The zero-order valence-corrected chi connectivity index (χ0v) is 21.0. The van der Waals surface area contributed by atoms with Crippen molar-refractivity contribution in [2.24, 2.45) is 0 Å². The van der Waals surface area contributed by atoms with Crippen molar-refractivity contribution in [1.82, 2.24) is 0 Å². The summed E-state index contributed by atoms with van der Waals surface area (Å²) in [5.41, 5.74) is 6.91. The number of carbonyl (C=O) groups is 1. The zero-order chi connectivity index (χ0) is 25.3. The fourth-order valence-electron chi connectivity index (χ4n) is 4.56. The van der Waals surface area contributed by atoms with Crippen LogP contribution in [-0.4, -0.2) is 37.0 Å². The van der Waals surface area contributed by atoms with Crippen LogP contribution in [0.5, 0.6) is 5.75 Å². The van der Waals surface area contributed by atoms with Gasteiger partial charge < -0.3 is 19.3 Å². The Morgan fingerprint density at radius 2 is 1.61 bits per heavy atom. The van der Waals surface area contributed by atoms with Crippen LogP contribution in [0.15, 0.2) is 66.7 Å². The molecule has 0 fully saturated rings. The van der Waals surface area contributed by atoms with Crippen molar-refractivity contribution in [3.63, 3.8) is 0 Å². The van der Waals surface area contributed by atoms with Crippen molar-refractivity contribution in [2.45, 2.75) is 45.3 Å². The predicted molar refractivity (Wildman–Crippen MR) is 142 cm³/mol. The molecule has 0 aromatic heterocycles. The Labute approximate surface area is 213 Å². The van der Waals surface area contributed by atoms with E-state index in [0.717, 1.165) is 29.7 Å². The summed E-state index contributed by atoms with van der Waals surface area (Å²) in [7, 11) is 0. The average molecular weight is 487 g/mol. The summed E-state index contributed by atoms with van der Waals surface area (Å²) in [4.78, 5) is 11.3. The molecule has 5 nitrogen and oxygen atoms in total. The van der Waals surface area contributed by atoms with Crippen LogP contribution in [0.1, 0.15) is 59.8 Å². The molecule has 0 amide bonds. The molecule has 2 unspecified atom stereocenters. The first kappa shape index (κ1) is 25.7. The molecule has 0 aliphatic heterocycles. The van der Waals surface area contributed by atoms with E-state index in [1.165, 1.54) is 22.3 Å². The number of aryl methyl sites for hydroxylation is 1. The molecule has 1 aliphatic carbocycles. The molecule has 0 heterocycles. The minimum Gasteiger partial charge on any atom is -0.491 e. The quantitative estimate of drug-likeness (QED) is 0.303. The van der Waals surface area contributed by atoms with Crippen molar-refractivity contribution >= 4 is 18.1 Å². The van der Waals surface area contributed by atoms with Crippen molar-refractivity contribution in [2.75, 3.05) is 19.8 Å². The SMILES string of the molecule is CCCc1ccc2c(c1)C(OCCOc1ccc(CC(OCC)C(=O)O)cc1)c1ccccc1C=C2. The molecule has 0 spiro atoms. The van der Waals surface area contributed by atoms with Gasteiger partial charge in [-0.1, -0.05) is 80.1 Å². The minimum atomic E-state index is -0.951. The van der Waals surface area contributed by atoms with E-state index in [1.54, 1.807) is 6.92 Å². The van der Waals surface area contributed by atoms with E-state index in [0.29, 0.717) is 26.2 Å². The smallest absolute Gasteiger partial charge is 0.333 e. The number of carboxylic acids is 1. The number of rotatable bonds is 12. The van der Waals surface area contributed by atoms with Gasteiger partial charge in [0, 0.05) is 13.0 Å². The van der Waals surface area contributed by atoms with E-state index in [1.807, 2.05) is 24.3 Å². The van der Waals surface area contributed by atoms with Crippen molar-refractivity contribution in [3.8, 4) is 5.75 Å². The molecule has 3 aromatic carbocycles. The molecular weight excluding hydrogens is 452 g/mol. The first-order valence-corrected chi connectivity index (χ1v) is 12.7. The average Bonchev–Trinajstić information content (AvgIpc) is 3.04. The molecule has 0 saturated heterocycles. The van der Waals surface area contributed by atoms with Crippen molar-refractivity contribution in [1.29, 1.82) is 0 Å². The molecule has 0 radical (unpaired) electrons. The molecule has 0 saturated carbocycles. The number of benzene rings is 3. The fourth-order valence-corrected chi connectivity index (χ4v) is 4.56. The van der Waals surface area contributed by atoms with Gasteiger partial charge in [0.05, 0.1) is 6.61 Å². The second kappa shape index (κ2) is 12.5. The predicted octanol–water partition coefficient (Wildman–Crippen LogP) is 6.34. The number of hydrogen-bond donors (Lipinski definition) is 1. The summed E-state index contributed by atoms with van der Waals surface area (Å²) < 4.78 is 17.7. The van der Waals surface area contributed by atoms with Crippen molar-refractivity contribution < 1.29 is 24.1 Å². The third-order valence-corrected chi connectivity index (χ3v) is 6.32. The van der Waals surface area contributed by atoms with E-state index < -0.39 is 12.1 Å². The lowest BCUT2D eigenvalue weighted by Gasteiger charge is -2.22. The Kier molecular flexibility index (Phi) is 8.93. The Morgan fingerprint density at radius 1 is 0.889 bits per heavy atom. The highest BCUT2D eigenvalue weighted by molar-refractivity contribution is 5.76. The molecule has 36 heavy (non-hydrogen) atoms. The fraction of sp³-hybridized carbons (Fsp3) is 0.323. The number of hydrogen-bond acceptors (Lipinski definition) is 4. The van der Waals surface area contributed by atoms with Gasteiger partial charge in [-0.15, -0.1) is 0 Å². The molecule has 5 heteroatoms. The lowest BCUT2D eigenvalue weighted by atomic mass is 9.94. The summed E-state index contributed by atoms with van der Waals surface area (Å²) in [6.45, 7) is 5.20. The van der Waals surface area contributed by atoms with Crippen LogP contribution in [0.2, 0.25) is 0 Å². The van der Waals surface area contributed by atoms with Gasteiger partial charge in [0.25, 0.3) is 0 Å². The summed E-state index contributed by atoms with van der Waals surface area (Å²) in [5, 5.41) is 9.29. The lowest BCUT2D eigenvalue weighted by Crippen LogP contribution is -2.26. The number of ether oxygens (including phenoxy) is 3. The van der Waals surface area contributed by atoms with Crippen LogP contribution < -0.4 is 4.74 Å². The van der Waals surface area contributed by atoms with Gasteiger partial charge in [0.15, 0.2) is 6.10 Å². The number of aliphatic carboxylic acids is 1. The van der Waals surface area contributed by atoms with Crippen LogP contribution in [0.3, 0.4) is 0 Å². The largest absolute Gasteiger partial charge is 0.491 e. The molecule has 0 bridgehead atoms. The van der Waals surface area contributed by atoms with Crippen LogP contribution in [0.25, 0.3) is 12.2 Å². The molecule has 2 atom stereocenters. The van der Waals surface area contributed by atoms with Crippen LogP contribution in [0, 0.1) is 0 Å². The minimum absolute atomic E-state index is 0.166. The molecule has 1 aliphatic rings.